The highest BCUT2D eigenvalue weighted by Crippen LogP contribution is 2.25. The van der Waals surface area contributed by atoms with Crippen molar-refractivity contribution < 1.29 is 19.7 Å². The number of nitrogens with zero attached hydrogens (tertiary/aromatic N) is 2. The van der Waals surface area contributed by atoms with Crippen LogP contribution < -0.4 is 0 Å². The number of aryl methyl sites for hydroxylation is 1. The predicted molar refractivity (Wildman–Crippen MR) is 65.4 cm³/mol. The minimum absolute atomic E-state index is 0.128. The predicted octanol–water partition coefficient (Wildman–Crippen LogP) is 2.62. The van der Waals surface area contributed by atoms with Crippen molar-refractivity contribution in [1.82, 2.24) is 9.78 Å². The van der Waals surface area contributed by atoms with E-state index in [-0.39, 0.29) is 5.88 Å². The Kier molecular flexibility index (Phi) is 3.87. The first-order chi connectivity index (χ1) is 8.63. The first-order valence-electron chi connectivity index (χ1n) is 5.14. The van der Waals surface area contributed by atoms with Gasteiger partial charge in [-0.15, -0.1) is 4.33 Å². The molecule has 6 nitrogen and oxygen atoms in total. The van der Waals surface area contributed by atoms with E-state index in [1.54, 1.807) is 24.3 Å². The summed E-state index contributed by atoms with van der Waals surface area (Å²) in [7, 11) is 0. The Morgan fingerprint density at radius 3 is 2.39 bits per heavy atom. The Hall–Kier alpha value is -1.54. The lowest BCUT2D eigenvalue weighted by atomic mass is 10.3. The quantitative estimate of drug-likeness (QED) is 0.504. The van der Waals surface area contributed by atoms with Crippen molar-refractivity contribution in [3.8, 4) is 11.6 Å². The zero-order valence-corrected chi connectivity index (χ0v) is 10.6. The van der Waals surface area contributed by atoms with E-state index in [0.717, 1.165) is 33.9 Å². The van der Waals surface area contributed by atoms with Crippen LogP contribution in [0.4, 0.5) is 0 Å². The maximum atomic E-state index is 9.90. The van der Waals surface area contributed by atoms with Gasteiger partial charge in [0.15, 0.2) is 0 Å². The largest absolute Gasteiger partial charge is 0.493 e. The summed E-state index contributed by atoms with van der Waals surface area (Å²) in [6, 6.07) is 7.05. The molecule has 0 atom stereocenters. The van der Waals surface area contributed by atoms with Crippen LogP contribution in [-0.4, -0.2) is 20.1 Å². The monoisotopic (exact) mass is 268 g/mol. The summed E-state index contributed by atoms with van der Waals surface area (Å²) in [5, 5.41) is 25.7. The lowest BCUT2D eigenvalue weighted by molar-refractivity contribution is -0.432. The zero-order chi connectivity index (χ0) is 13.1. The first kappa shape index (κ1) is 12.9. The Morgan fingerprint density at radius 1 is 1.22 bits per heavy atom. The summed E-state index contributed by atoms with van der Waals surface area (Å²) in [6.07, 6.45) is 0. The molecule has 0 aliphatic carbocycles. The average molecular weight is 268 g/mol. The molecule has 0 spiro atoms. The molecule has 0 saturated heterocycles. The van der Waals surface area contributed by atoms with E-state index in [4.69, 9.17) is 5.26 Å². The normalized spacial score (nSPS) is 10.8. The molecule has 0 aliphatic rings. The van der Waals surface area contributed by atoms with Gasteiger partial charge in [-0.3, -0.25) is 0 Å². The number of hydrogen-bond acceptors (Lipinski definition) is 6. The van der Waals surface area contributed by atoms with E-state index in [1.807, 2.05) is 13.8 Å². The van der Waals surface area contributed by atoms with Crippen LogP contribution >= 0.6 is 12.0 Å². The van der Waals surface area contributed by atoms with Crippen LogP contribution in [0.1, 0.15) is 11.3 Å². The molecule has 0 bridgehead atoms. The molecule has 0 radical (unpaired) electrons. The lowest BCUT2D eigenvalue weighted by Crippen LogP contribution is -1.95. The summed E-state index contributed by atoms with van der Waals surface area (Å²) in [5.41, 5.74) is 2.27. The molecule has 0 fully saturated rings. The molecule has 1 aromatic heterocycles. The van der Waals surface area contributed by atoms with Gasteiger partial charge in [-0.2, -0.15) is 5.10 Å². The fourth-order valence-electron chi connectivity index (χ4n) is 1.47. The molecule has 0 saturated carbocycles. The number of hydrogen-bond donors (Lipinski definition) is 2. The maximum absolute atomic E-state index is 9.90. The van der Waals surface area contributed by atoms with Gasteiger partial charge in [0.05, 0.1) is 23.4 Å². The Bertz CT molecular complexity index is 539. The number of aromatic hydroxyl groups is 1. The topological polar surface area (TPSA) is 76.7 Å². The third-order valence-corrected chi connectivity index (χ3v) is 3.16. The van der Waals surface area contributed by atoms with Crippen LogP contribution in [-0.2, 0) is 9.37 Å². The van der Waals surface area contributed by atoms with Crippen molar-refractivity contribution in [3.05, 3.63) is 35.5 Å². The van der Waals surface area contributed by atoms with Crippen molar-refractivity contribution in [2.75, 3.05) is 0 Å². The first-order valence-corrected chi connectivity index (χ1v) is 5.88. The molecule has 0 aliphatic heterocycles. The van der Waals surface area contributed by atoms with Crippen LogP contribution in [0.5, 0.6) is 5.88 Å². The van der Waals surface area contributed by atoms with E-state index in [1.165, 1.54) is 4.68 Å². The van der Waals surface area contributed by atoms with Crippen molar-refractivity contribution >= 4 is 12.0 Å². The molecule has 2 N–H and O–H groups in total. The second kappa shape index (κ2) is 5.40. The van der Waals surface area contributed by atoms with Crippen molar-refractivity contribution in [3.63, 3.8) is 0 Å². The highest BCUT2D eigenvalue weighted by molar-refractivity contribution is 7.94. The number of benzene rings is 1. The summed E-state index contributed by atoms with van der Waals surface area (Å²) in [6.45, 7) is 3.65. The van der Waals surface area contributed by atoms with Gasteiger partial charge < -0.3 is 5.11 Å². The van der Waals surface area contributed by atoms with Gasteiger partial charge in [-0.25, -0.2) is 9.94 Å². The van der Waals surface area contributed by atoms with Gasteiger partial charge in [0, 0.05) is 10.5 Å². The van der Waals surface area contributed by atoms with Gasteiger partial charge in [0.25, 0.3) is 0 Å². The summed E-state index contributed by atoms with van der Waals surface area (Å²) in [5.74, 6) is 0.128. The number of rotatable bonds is 4. The minimum atomic E-state index is 0.128. The van der Waals surface area contributed by atoms with Crippen LogP contribution in [0.2, 0.25) is 0 Å². The van der Waals surface area contributed by atoms with Gasteiger partial charge in [-0.1, -0.05) is 5.04 Å². The Morgan fingerprint density at radius 2 is 1.89 bits per heavy atom. The molecular formula is C11H12N2O4S. The Balaban J connectivity index is 2.26. The molecular weight excluding hydrogens is 256 g/mol. The van der Waals surface area contributed by atoms with E-state index in [2.05, 4.69) is 14.5 Å². The third kappa shape index (κ3) is 2.49. The van der Waals surface area contributed by atoms with Crippen molar-refractivity contribution in [1.29, 1.82) is 0 Å². The van der Waals surface area contributed by atoms with Crippen molar-refractivity contribution in [2.24, 2.45) is 0 Å². The molecule has 1 heterocycles. The highest BCUT2D eigenvalue weighted by atomic mass is 32.2. The van der Waals surface area contributed by atoms with E-state index >= 15 is 0 Å². The van der Waals surface area contributed by atoms with E-state index < -0.39 is 0 Å². The molecule has 18 heavy (non-hydrogen) atoms. The smallest absolute Gasteiger partial charge is 0.217 e. The highest BCUT2D eigenvalue weighted by Gasteiger charge is 2.11. The van der Waals surface area contributed by atoms with Crippen LogP contribution in [0.3, 0.4) is 0 Å². The van der Waals surface area contributed by atoms with E-state index in [9.17, 15) is 5.11 Å². The second-order valence-corrected chi connectivity index (χ2v) is 4.44. The van der Waals surface area contributed by atoms with E-state index in [0.29, 0.717) is 0 Å². The molecule has 0 amide bonds. The van der Waals surface area contributed by atoms with Gasteiger partial charge >= 0.3 is 0 Å². The molecule has 2 rings (SSSR count). The molecule has 2 aromatic rings. The number of aromatic nitrogens is 2. The Labute approximate surface area is 108 Å². The van der Waals surface area contributed by atoms with Crippen molar-refractivity contribution in [2.45, 2.75) is 18.7 Å². The zero-order valence-electron chi connectivity index (χ0n) is 9.82. The fourth-order valence-corrected chi connectivity index (χ4v) is 1.83. The van der Waals surface area contributed by atoms with Crippen LogP contribution in [0.25, 0.3) is 5.69 Å². The van der Waals surface area contributed by atoms with Crippen LogP contribution in [0, 0.1) is 13.8 Å². The van der Waals surface area contributed by atoms with Gasteiger partial charge in [0.2, 0.25) is 5.88 Å². The summed E-state index contributed by atoms with van der Waals surface area (Å²) in [4.78, 5) is 0.743. The van der Waals surface area contributed by atoms with Gasteiger partial charge in [0.1, 0.15) is 0 Å². The van der Waals surface area contributed by atoms with Crippen LogP contribution in [0.15, 0.2) is 29.2 Å². The molecule has 7 heteroatoms. The molecule has 0 unspecified atom stereocenters. The minimum Gasteiger partial charge on any atom is -0.493 e. The third-order valence-electron chi connectivity index (χ3n) is 2.57. The summed E-state index contributed by atoms with van der Waals surface area (Å²) >= 11 is 0.872. The van der Waals surface area contributed by atoms with Gasteiger partial charge in [-0.05, 0) is 38.1 Å². The average Bonchev–Trinajstić information content (AvgIpc) is 2.65. The lowest BCUT2D eigenvalue weighted by Gasteiger charge is -2.04. The SMILES string of the molecule is Cc1nn(-c2ccc(SOOO)cc2)c(O)c1C. The second-order valence-electron chi connectivity index (χ2n) is 3.67. The maximum Gasteiger partial charge on any atom is 0.217 e. The standard InChI is InChI=1S/C11H12N2O4S/c1-7-8(2)12-13(11(7)14)9-3-5-10(6-4-9)18-17-16-15/h3-6,14-15H,1-2H3. The fraction of sp³-hybridized carbons (Fsp3) is 0.182. The molecule has 1 aromatic carbocycles. The summed E-state index contributed by atoms with van der Waals surface area (Å²) < 4.78 is 5.77. The molecule has 96 valence electrons.